The van der Waals surface area contributed by atoms with Gasteiger partial charge in [-0.2, -0.15) is 0 Å². The predicted molar refractivity (Wildman–Crippen MR) is 182 cm³/mol. The lowest BCUT2D eigenvalue weighted by molar-refractivity contribution is 1.19. The van der Waals surface area contributed by atoms with Crippen molar-refractivity contribution in [3.05, 3.63) is 152 Å². The fourth-order valence-corrected chi connectivity index (χ4v) is 7.93. The average Bonchev–Trinajstić information content (AvgIpc) is 3.62. The Balaban J connectivity index is 1.41. The van der Waals surface area contributed by atoms with Crippen LogP contribution in [0.25, 0.3) is 80.7 Å². The highest BCUT2D eigenvalue weighted by molar-refractivity contribution is 7.27. The first-order valence-electron chi connectivity index (χ1n) is 14.4. The quantitative estimate of drug-likeness (QED) is 0.206. The predicted octanol–water partition coefficient (Wildman–Crippen LogP) is 11.6. The largest absolute Gasteiger partial charge is 0.308 e. The van der Waals surface area contributed by atoms with Crippen LogP contribution in [0, 0.1) is 0 Å². The highest BCUT2D eigenvalue weighted by Crippen LogP contribution is 2.48. The first-order chi connectivity index (χ1) is 20.8. The summed E-state index contributed by atoms with van der Waals surface area (Å²) in [6.07, 6.45) is 0. The fraction of sp³-hybridized carbons (Fsp3) is 0. The van der Waals surface area contributed by atoms with E-state index in [0.29, 0.717) is 0 Å². The topological polar surface area (TPSA) is 4.93 Å². The molecule has 0 unspecified atom stereocenters. The Kier molecular flexibility index (Phi) is 5.13. The number of aromatic nitrogens is 1. The number of thiophene rings is 1. The lowest BCUT2D eigenvalue weighted by Crippen LogP contribution is -1.94. The van der Waals surface area contributed by atoms with Gasteiger partial charge in [-0.1, -0.05) is 121 Å². The average molecular weight is 552 g/mol. The van der Waals surface area contributed by atoms with Crippen LogP contribution < -0.4 is 0 Å². The molecule has 2 heteroatoms. The minimum Gasteiger partial charge on any atom is -0.308 e. The van der Waals surface area contributed by atoms with Crippen molar-refractivity contribution in [3.8, 4) is 27.9 Å². The van der Waals surface area contributed by atoms with Gasteiger partial charge in [0.2, 0.25) is 0 Å². The number of fused-ring (bicyclic) bond motifs is 10. The number of hydrogen-bond acceptors (Lipinski definition) is 1. The molecule has 42 heavy (non-hydrogen) atoms. The van der Waals surface area contributed by atoms with E-state index in [9.17, 15) is 0 Å². The number of benzene rings is 7. The summed E-state index contributed by atoms with van der Waals surface area (Å²) >= 11 is 1.91. The Morgan fingerprint density at radius 2 is 0.952 bits per heavy atom. The summed E-state index contributed by atoms with van der Waals surface area (Å²) < 4.78 is 5.15. The van der Waals surface area contributed by atoms with Crippen LogP contribution in [0.2, 0.25) is 0 Å². The number of para-hydroxylation sites is 1. The Labute approximate surface area is 247 Å². The Morgan fingerprint density at radius 1 is 0.405 bits per heavy atom. The van der Waals surface area contributed by atoms with E-state index in [-0.39, 0.29) is 0 Å². The molecule has 0 radical (unpaired) electrons. The van der Waals surface area contributed by atoms with Crippen molar-refractivity contribution in [3.63, 3.8) is 0 Å². The second-order valence-corrected chi connectivity index (χ2v) is 12.0. The van der Waals surface area contributed by atoms with Gasteiger partial charge in [-0.25, -0.2) is 0 Å². The fourth-order valence-electron chi connectivity index (χ4n) is 6.69. The molecule has 0 aliphatic rings. The first-order valence-corrected chi connectivity index (χ1v) is 15.2. The molecule has 0 atom stereocenters. The van der Waals surface area contributed by atoms with Crippen molar-refractivity contribution in [1.82, 2.24) is 4.57 Å². The van der Waals surface area contributed by atoms with Gasteiger partial charge in [-0.15, -0.1) is 11.3 Å². The molecule has 1 nitrogen and oxygen atoms in total. The monoisotopic (exact) mass is 551 g/mol. The zero-order valence-electron chi connectivity index (χ0n) is 22.8. The van der Waals surface area contributed by atoms with Crippen molar-refractivity contribution in [2.75, 3.05) is 0 Å². The van der Waals surface area contributed by atoms with Crippen LogP contribution >= 0.6 is 11.3 Å². The summed E-state index contributed by atoms with van der Waals surface area (Å²) in [6, 6.07) is 55.2. The van der Waals surface area contributed by atoms with Crippen LogP contribution in [-0.2, 0) is 0 Å². The minimum absolute atomic E-state index is 1.18. The molecule has 0 bridgehead atoms. The minimum atomic E-state index is 1.18. The number of hydrogen-bond donors (Lipinski definition) is 0. The van der Waals surface area contributed by atoms with Gasteiger partial charge in [0.1, 0.15) is 0 Å². The van der Waals surface area contributed by atoms with Gasteiger partial charge in [0.15, 0.2) is 0 Å². The van der Waals surface area contributed by atoms with E-state index in [1.54, 1.807) is 0 Å². The summed E-state index contributed by atoms with van der Waals surface area (Å²) in [6.45, 7) is 0. The summed E-state index contributed by atoms with van der Waals surface area (Å²) in [5.74, 6) is 0. The van der Waals surface area contributed by atoms with Gasteiger partial charge in [-0.05, 0) is 63.4 Å². The van der Waals surface area contributed by atoms with Crippen molar-refractivity contribution in [2.45, 2.75) is 0 Å². The SMILES string of the molecule is c1ccc(-c2ccc(-n3c4ccccc4c4c5ccccc5c5c6cc(-c7ccccc7)ccc6sc5c43)cc2)cc1. The van der Waals surface area contributed by atoms with Crippen molar-refractivity contribution >= 4 is 64.1 Å². The zero-order valence-corrected chi connectivity index (χ0v) is 23.6. The molecular weight excluding hydrogens is 527 g/mol. The molecule has 0 aliphatic heterocycles. The second kappa shape index (κ2) is 9.17. The van der Waals surface area contributed by atoms with E-state index >= 15 is 0 Å². The Morgan fingerprint density at radius 3 is 1.67 bits per heavy atom. The molecule has 2 aromatic heterocycles. The van der Waals surface area contributed by atoms with E-state index in [2.05, 4.69) is 156 Å². The summed E-state index contributed by atoms with van der Waals surface area (Å²) in [4.78, 5) is 0. The molecule has 2 heterocycles. The summed E-state index contributed by atoms with van der Waals surface area (Å²) in [7, 11) is 0. The molecule has 7 aromatic carbocycles. The molecular formula is C40H25NS. The molecule has 9 aromatic rings. The third-order valence-electron chi connectivity index (χ3n) is 8.58. The highest BCUT2D eigenvalue weighted by Gasteiger charge is 2.21. The van der Waals surface area contributed by atoms with Crippen LogP contribution in [0.3, 0.4) is 0 Å². The standard InChI is InChI=1S/C40H25NS/c1-3-11-26(12-4-1)28-19-22-30(23-20-28)41-35-18-10-9-17-33(35)37-31-15-7-8-16-32(31)38-34-25-29(27-13-5-2-6-14-27)21-24-36(34)42-40(38)39(37)41/h1-25H. The molecule has 0 aliphatic carbocycles. The van der Waals surface area contributed by atoms with Gasteiger partial charge >= 0.3 is 0 Å². The Bertz CT molecular complexity index is 2430. The van der Waals surface area contributed by atoms with Crippen molar-refractivity contribution in [2.24, 2.45) is 0 Å². The molecule has 0 spiro atoms. The van der Waals surface area contributed by atoms with Crippen LogP contribution in [0.5, 0.6) is 0 Å². The van der Waals surface area contributed by atoms with E-state index in [1.165, 1.54) is 80.7 Å². The summed E-state index contributed by atoms with van der Waals surface area (Å²) in [5.41, 5.74) is 8.67. The van der Waals surface area contributed by atoms with Gasteiger partial charge in [0.25, 0.3) is 0 Å². The maximum atomic E-state index is 2.49. The highest BCUT2D eigenvalue weighted by atomic mass is 32.1. The van der Waals surface area contributed by atoms with Gasteiger partial charge in [-0.3, -0.25) is 0 Å². The van der Waals surface area contributed by atoms with E-state index in [1.807, 2.05) is 11.3 Å². The normalized spacial score (nSPS) is 11.8. The molecule has 0 amide bonds. The number of nitrogens with zero attached hydrogens (tertiary/aromatic N) is 1. The molecule has 9 rings (SSSR count). The lowest BCUT2D eigenvalue weighted by Gasteiger charge is -2.11. The Hall–Kier alpha value is -5.18. The van der Waals surface area contributed by atoms with E-state index in [4.69, 9.17) is 0 Å². The molecule has 0 saturated carbocycles. The first kappa shape index (κ1) is 23.5. The van der Waals surface area contributed by atoms with Crippen molar-refractivity contribution < 1.29 is 0 Å². The van der Waals surface area contributed by atoms with Gasteiger partial charge < -0.3 is 4.57 Å². The maximum absolute atomic E-state index is 2.49. The number of rotatable bonds is 3. The molecule has 196 valence electrons. The molecule has 0 saturated heterocycles. The van der Waals surface area contributed by atoms with Gasteiger partial charge in [0, 0.05) is 31.9 Å². The third kappa shape index (κ3) is 3.43. The van der Waals surface area contributed by atoms with E-state index < -0.39 is 0 Å². The maximum Gasteiger partial charge on any atom is 0.0726 e. The lowest BCUT2D eigenvalue weighted by atomic mass is 9.97. The van der Waals surface area contributed by atoms with Crippen LogP contribution in [-0.4, -0.2) is 4.57 Å². The van der Waals surface area contributed by atoms with E-state index in [0.717, 1.165) is 0 Å². The zero-order chi connectivity index (χ0) is 27.6. The summed E-state index contributed by atoms with van der Waals surface area (Å²) in [5, 5.41) is 7.92. The third-order valence-corrected chi connectivity index (χ3v) is 9.76. The molecule has 0 N–H and O–H groups in total. The smallest absolute Gasteiger partial charge is 0.0726 e. The second-order valence-electron chi connectivity index (χ2n) is 10.9. The van der Waals surface area contributed by atoms with Crippen LogP contribution in [0.15, 0.2) is 152 Å². The van der Waals surface area contributed by atoms with Crippen molar-refractivity contribution in [1.29, 1.82) is 0 Å². The van der Waals surface area contributed by atoms with Crippen LogP contribution in [0.1, 0.15) is 0 Å². The van der Waals surface area contributed by atoms with Crippen LogP contribution in [0.4, 0.5) is 0 Å². The van der Waals surface area contributed by atoms with Gasteiger partial charge in [0.05, 0.1) is 15.7 Å². The molecule has 0 fully saturated rings.